The number of pyridine rings is 2. The van der Waals surface area contributed by atoms with Crippen LogP contribution in [-0.2, 0) is 57.8 Å². The molecule has 1 unspecified atom stereocenters. The molecule has 324 valence electrons. The fraction of sp³-hybridized carbons (Fsp3) is 0.333. The molecule has 1 aromatic carbocycles. The first-order chi connectivity index (χ1) is 29.7. The fourth-order valence-corrected chi connectivity index (χ4v) is 4.96. The second-order valence-corrected chi connectivity index (χ2v) is 13.6. The topological polar surface area (TPSA) is 359 Å². The summed E-state index contributed by atoms with van der Waals surface area (Å²) in [7, 11) is 0. The number of anilines is 1. The number of hydrogen-bond acceptors (Lipinski definition) is 21. The standard InChI is InChI=1S/C14H18N6O2.C13H15N5O2.C12H14N6O2/c1-8-9(2)19-20-14(18-8)17-7-10-3-4-11(16-6-10)5-12(15)13(21)22;1-9-15-17-13(18-16-9)7-11-4-2-10(3-5-11)6-12(14)20-8-19;1-7-15-17-11(18-16-7)5-9-3-2-8(6-14-9)4-10(13)12(19)20/h3-4,6,12H,5,7,15H2,1-2H3,(H,21,22)(H,17,18,20);2-5,8,12H,6-7,14H2,1H3;2-3,6,10H,4-5,13H2,1H3,(H,19,20)/t12-;;10-/m0.0/s1. The molecular weight excluding hydrogens is 803 g/mol. The first-order valence-corrected chi connectivity index (χ1v) is 18.9. The lowest BCUT2D eigenvalue weighted by Crippen LogP contribution is -2.32. The molecule has 0 saturated heterocycles. The third-order valence-electron chi connectivity index (χ3n) is 8.47. The van der Waals surface area contributed by atoms with Crippen molar-refractivity contribution in [3.8, 4) is 0 Å². The number of nitrogens with two attached hydrogens (primary N) is 3. The van der Waals surface area contributed by atoms with E-state index in [4.69, 9.17) is 27.4 Å². The molecule has 0 saturated carbocycles. The Morgan fingerprint density at radius 3 is 1.66 bits per heavy atom. The van der Waals surface area contributed by atoms with E-state index in [9.17, 15) is 14.4 Å². The van der Waals surface area contributed by atoms with Crippen molar-refractivity contribution in [1.29, 1.82) is 0 Å². The van der Waals surface area contributed by atoms with Crippen LogP contribution in [0.4, 0.5) is 5.95 Å². The number of carbonyl (C=O) groups excluding carboxylic acids is 1. The number of aliphatic carboxylic acids is 2. The number of nitrogens with zero attached hydrogens (tertiary/aromatic N) is 13. The normalized spacial score (nSPS) is 12.0. The second-order valence-electron chi connectivity index (χ2n) is 13.6. The molecule has 0 aliphatic heterocycles. The molecular formula is C39H47N17O6. The zero-order chi connectivity index (χ0) is 45.0. The molecule has 0 aliphatic carbocycles. The van der Waals surface area contributed by atoms with Gasteiger partial charge in [-0.1, -0.05) is 36.4 Å². The van der Waals surface area contributed by atoms with E-state index in [-0.39, 0.29) is 12.8 Å². The maximum atomic E-state index is 10.7. The number of carboxylic acid groups (broad SMARTS) is 2. The monoisotopic (exact) mass is 849 g/mol. The average molecular weight is 850 g/mol. The molecule has 5 heterocycles. The number of carbonyl (C=O) groups is 3. The highest BCUT2D eigenvalue weighted by atomic mass is 16.5. The van der Waals surface area contributed by atoms with Crippen LogP contribution in [0.25, 0.3) is 0 Å². The molecule has 9 N–H and O–H groups in total. The van der Waals surface area contributed by atoms with E-state index < -0.39 is 30.3 Å². The first-order valence-electron chi connectivity index (χ1n) is 18.9. The molecule has 23 nitrogen and oxygen atoms in total. The Bertz CT molecular complexity index is 2320. The van der Waals surface area contributed by atoms with Crippen LogP contribution >= 0.6 is 0 Å². The summed E-state index contributed by atoms with van der Waals surface area (Å²) in [5, 5.41) is 59.6. The van der Waals surface area contributed by atoms with Crippen LogP contribution in [0, 0.1) is 27.7 Å². The summed E-state index contributed by atoms with van der Waals surface area (Å²) in [5.74, 6) is 0.515. The van der Waals surface area contributed by atoms with Crippen LogP contribution in [0.1, 0.15) is 68.3 Å². The molecule has 0 amide bonds. The van der Waals surface area contributed by atoms with Crippen LogP contribution in [0.5, 0.6) is 0 Å². The zero-order valence-corrected chi connectivity index (χ0v) is 34.4. The predicted octanol–water partition coefficient (Wildman–Crippen LogP) is 0.131. The van der Waals surface area contributed by atoms with Gasteiger partial charge in [0, 0.05) is 49.6 Å². The van der Waals surface area contributed by atoms with E-state index in [2.05, 4.69) is 76.0 Å². The van der Waals surface area contributed by atoms with Crippen molar-refractivity contribution >= 4 is 24.4 Å². The second kappa shape index (κ2) is 23.9. The van der Waals surface area contributed by atoms with E-state index in [1.807, 2.05) is 44.2 Å². The van der Waals surface area contributed by atoms with Gasteiger partial charge in [0.2, 0.25) is 5.95 Å². The lowest BCUT2D eigenvalue weighted by Gasteiger charge is -2.09. The number of nitrogens with one attached hydrogen (secondary N) is 1. The van der Waals surface area contributed by atoms with Gasteiger partial charge in [-0.05, 0) is 68.5 Å². The fourth-order valence-electron chi connectivity index (χ4n) is 4.96. The summed E-state index contributed by atoms with van der Waals surface area (Å²) in [4.78, 5) is 44.2. The molecule has 6 aromatic rings. The first kappa shape index (κ1) is 47.2. The molecule has 5 aromatic heterocycles. The third kappa shape index (κ3) is 16.6. The average Bonchev–Trinajstić information content (AvgIpc) is 3.25. The maximum absolute atomic E-state index is 10.7. The van der Waals surface area contributed by atoms with Crippen molar-refractivity contribution in [2.24, 2.45) is 17.2 Å². The van der Waals surface area contributed by atoms with Crippen molar-refractivity contribution in [2.45, 2.75) is 84.7 Å². The van der Waals surface area contributed by atoms with Gasteiger partial charge in [-0.25, -0.2) is 4.98 Å². The molecule has 3 atom stereocenters. The highest BCUT2D eigenvalue weighted by molar-refractivity contribution is 5.73. The quantitative estimate of drug-likeness (QED) is 0.0524. The Balaban J connectivity index is 0.000000205. The van der Waals surface area contributed by atoms with Crippen molar-refractivity contribution in [2.75, 3.05) is 5.32 Å². The molecule has 0 spiro atoms. The molecule has 62 heavy (non-hydrogen) atoms. The molecule has 0 bridgehead atoms. The van der Waals surface area contributed by atoms with E-state index in [0.717, 1.165) is 39.3 Å². The Morgan fingerprint density at radius 1 is 0.613 bits per heavy atom. The van der Waals surface area contributed by atoms with Crippen LogP contribution in [-0.4, -0.2) is 113 Å². The van der Waals surface area contributed by atoms with Crippen molar-refractivity contribution in [3.05, 3.63) is 129 Å². The number of rotatable bonds is 17. The van der Waals surface area contributed by atoms with E-state index in [1.54, 1.807) is 44.4 Å². The maximum Gasteiger partial charge on any atom is 0.320 e. The summed E-state index contributed by atoms with van der Waals surface area (Å²) in [5.41, 5.74) is 23.3. The van der Waals surface area contributed by atoms with Crippen LogP contribution < -0.4 is 22.5 Å². The van der Waals surface area contributed by atoms with Crippen LogP contribution in [0.2, 0.25) is 0 Å². The largest absolute Gasteiger partial charge is 0.480 e. The molecule has 0 fully saturated rings. The van der Waals surface area contributed by atoms with Crippen LogP contribution in [0.3, 0.4) is 0 Å². The van der Waals surface area contributed by atoms with Gasteiger partial charge in [-0.15, -0.1) is 45.9 Å². The molecule has 23 heteroatoms. The Morgan fingerprint density at radius 2 is 1.13 bits per heavy atom. The third-order valence-corrected chi connectivity index (χ3v) is 8.47. The highest BCUT2D eigenvalue weighted by Gasteiger charge is 2.14. The van der Waals surface area contributed by atoms with E-state index in [1.165, 1.54) is 0 Å². The van der Waals surface area contributed by atoms with E-state index >= 15 is 0 Å². The lowest BCUT2D eigenvalue weighted by atomic mass is 10.1. The molecule has 0 radical (unpaired) electrons. The number of aryl methyl sites for hydroxylation is 4. The number of benzene rings is 1. The van der Waals surface area contributed by atoms with Crippen molar-refractivity contribution < 1.29 is 29.3 Å². The minimum Gasteiger partial charge on any atom is -0.480 e. The van der Waals surface area contributed by atoms with Crippen molar-refractivity contribution in [3.63, 3.8) is 0 Å². The Kier molecular flexibility index (Phi) is 18.2. The Labute approximate surface area is 355 Å². The van der Waals surface area contributed by atoms with Gasteiger partial charge in [0.25, 0.3) is 6.47 Å². The number of ether oxygens (including phenoxy) is 1. The van der Waals surface area contributed by atoms with Crippen LogP contribution in [0.15, 0.2) is 60.9 Å². The number of aromatic nitrogens is 13. The van der Waals surface area contributed by atoms with Gasteiger partial charge in [-0.3, -0.25) is 30.1 Å². The van der Waals surface area contributed by atoms with Gasteiger partial charge in [0.1, 0.15) is 12.1 Å². The van der Waals surface area contributed by atoms with Gasteiger partial charge in [0.05, 0.1) is 17.8 Å². The minimum absolute atomic E-state index is 0.202. The van der Waals surface area contributed by atoms with Crippen molar-refractivity contribution in [1.82, 2.24) is 65.9 Å². The zero-order valence-electron chi connectivity index (χ0n) is 34.4. The van der Waals surface area contributed by atoms with E-state index in [0.29, 0.717) is 67.2 Å². The van der Waals surface area contributed by atoms with Gasteiger partial charge in [-0.2, -0.15) is 5.10 Å². The lowest BCUT2D eigenvalue weighted by molar-refractivity contribution is -0.139. The van der Waals surface area contributed by atoms with Gasteiger partial charge >= 0.3 is 11.9 Å². The Hall–Kier alpha value is -7.50. The smallest absolute Gasteiger partial charge is 0.320 e. The van der Waals surface area contributed by atoms with Gasteiger partial charge < -0.3 is 31.7 Å². The van der Waals surface area contributed by atoms with Gasteiger partial charge in [0.15, 0.2) is 29.5 Å². The predicted molar refractivity (Wildman–Crippen MR) is 219 cm³/mol. The SMILES string of the molecule is Cc1nnc(Cc2ccc(CC(N)OC=O)cc2)nn1.Cc1nnc(Cc2ccc(C[C@H](N)C(=O)O)cn2)nn1.Cc1nnc(NCc2ccc(C[C@H](N)C(=O)O)nc2)nc1C. The summed E-state index contributed by atoms with van der Waals surface area (Å²) < 4.78 is 4.64. The summed E-state index contributed by atoms with van der Waals surface area (Å²) in [6.45, 7) is 8.03. The molecule has 0 aliphatic rings. The summed E-state index contributed by atoms with van der Waals surface area (Å²) in [6, 6.07) is 13.1. The number of hydrogen-bond donors (Lipinski definition) is 6. The minimum atomic E-state index is -1.04. The summed E-state index contributed by atoms with van der Waals surface area (Å²) in [6.07, 6.45) is 4.57. The summed E-state index contributed by atoms with van der Waals surface area (Å²) >= 11 is 0. The molecule has 6 rings (SSSR count). The highest BCUT2D eigenvalue weighted by Crippen LogP contribution is 2.11. The number of carboxylic acids is 2.